The second-order valence-corrected chi connectivity index (χ2v) is 5.77. The summed E-state index contributed by atoms with van der Waals surface area (Å²) >= 11 is 0. The van der Waals surface area contributed by atoms with E-state index in [1.54, 1.807) is 14.2 Å². The van der Waals surface area contributed by atoms with Crippen LogP contribution in [0.5, 0.6) is 5.75 Å². The molecule has 4 nitrogen and oxygen atoms in total. The minimum absolute atomic E-state index is 0.493. The van der Waals surface area contributed by atoms with Gasteiger partial charge in [0.05, 0.1) is 7.11 Å². The molecule has 0 bridgehead atoms. The fourth-order valence-corrected chi connectivity index (χ4v) is 2.24. The van der Waals surface area contributed by atoms with Gasteiger partial charge in [0.25, 0.3) is 0 Å². The molecule has 0 radical (unpaired) electrons. The Labute approximate surface area is 129 Å². The first-order valence-electron chi connectivity index (χ1n) is 7.63. The van der Waals surface area contributed by atoms with Gasteiger partial charge in [-0.2, -0.15) is 0 Å². The van der Waals surface area contributed by atoms with Crippen LogP contribution in [0.25, 0.3) is 0 Å². The largest absolute Gasteiger partial charge is 0.496 e. The summed E-state index contributed by atoms with van der Waals surface area (Å²) in [6.07, 6.45) is 1.05. The smallest absolute Gasteiger partial charge is 0.123 e. The number of rotatable bonds is 10. The summed E-state index contributed by atoms with van der Waals surface area (Å²) in [6, 6.07) is 6.92. The van der Waals surface area contributed by atoms with E-state index in [2.05, 4.69) is 49.3 Å². The lowest BCUT2D eigenvalue weighted by atomic mass is 10.1. The van der Waals surface area contributed by atoms with Gasteiger partial charge < -0.3 is 19.7 Å². The van der Waals surface area contributed by atoms with E-state index < -0.39 is 0 Å². The van der Waals surface area contributed by atoms with Crippen LogP contribution in [0.4, 0.5) is 0 Å². The fraction of sp³-hybridized carbons (Fsp3) is 0.647. The van der Waals surface area contributed by atoms with Crippen molar-refractivity contribution in [2.45, 2.75) is 39.4 Å². The second kappa shape index (κ2) is 9.77. The van der Waals surface area contributed by atoms with Gasteiger partial charge >= 0.3 is 0 Å². The molecule has 1 aromatic carbocycles. The first-order valence-corrected chi connectivity index (χ1v) is 7.63. The Bertz CT molecular complexity index is 408. The second-order valence-electron chi connectivity index (χ2n) is 5.77. The van der Waals surface area contributed by atoms with Gasteiger partial charge in [-0.15, -0.1) is 0 Å². The molecule has 0 amide bonds. The van der Waals surface area contributed by atoms with Gasteiger partial charge in [-0.3, -0.25) is 0 Å². The van der Waals surface area contributed by atoms with E-state index in [4.69, 9.17) is 9.47 Å². The molecule has 0 aliphatic heterocycles. The van der Waals surface area contributed by atoms with Crippen molar-refractivity contribution in [3.63, 3.8) is 0 Å². The summed E-state index contributed by atoms with van der Waals surface area (Å²) in [5.74, 6) is 0.960. The van der Waals surface area contributed by atoms with E-state index in [0.29, 0.717) is 6.04 Å². The van der Waals surface area contributed by atoms with Crippen molar-refractivity contribution in [3.05, 3.63) is 29.3 Å². The Morgan fingerprint density at radius 3 is 2.62 bits per heavy atom. The molecule has 1 rings (SSSR count). The van der Waals surface area contributed by atoms with Gasteiger partial charge in [0, 0.05) is 45.0 Å². The highest BCUT2D eigenvalue weighted by molar-refractivity contribution is 5.37. The Kier molecular flexibility index (Phi) is 8.35. The van der Waals surface area contributed by atoms with E-state index in [1.165, 1.54) is 11.1 Å². The van der Waals surface area contributed by atoms with Crippen molar-refractivity contribution in [1.82, 2.24) is 10.2 Å². The molecular formula is C17H30N2O2. The maximum Gasteiger partial charge on any atom is 0.123 e. The van der Waals surface area contributed by atoms with Crippen molar-refractivity contribution in [2.24, 2.45) is 0 Å². The molecule has 21 heavy (non-hydrogen) atoms. The summed E-state index contributed by atoms with van der Waals surface area (Å²) in [6.45, 7) is 7.93. The van der Waals surface area contributed by atoms with Crippen LogP contribution in [0.3, 0.4) is 0 Å². The number of hydrogen-bond acceptors (Lipinski definition) is 4. The van der Waals surface area contributed by atoms with Crippen molar-refractivity contribution in [3.8, 4) is 5.75 Å². The standard InChI is InChI=1S/C17H30N2O2/c1-14(2)18-12-15-7-8-17(21-5)16(11-15)13-19(3)9-6-10-20-4/h7-8,11,14,18H,6,9-10,12-13H2,1-5H3. The zero-order valence-corrected chi connectivity index (χ0v) is 14.1. The Morgan fingerprint density at radius 1 is 1.24 bits per heavy atom. The Hall–Kier alpha value is -1.10. The van der Waals surface area contributed by atoms with Crippen molar-refractivity contribution >= 4 is 0 Å². The lowest BCUT2D eigenvalue weighted by Gasteiger charge is -2.19. The maximum absolute atomic E-state index is 5.48. The molecule has 0 aromatic heterocycles. The lowest BCUT2D eigenvalue weighted by molar-refractivity contribution is 0.178. The van der Waals surface area contributed by atoms with Gasteiger partial charge in [-0.1, -0.05) is 19.9 Å². The first-order chi connectivity index (χ1) is 10.1. The molecule has 1 aromatic rings. The van der Waals surface area contributed by atoms with Crippen LogP contribution in [0.2, 0.25) is 0 Å². The molecule has 0 saturated heterocycles. The number of ether oxygens (including phenoxy) is 2. The normalized spacial score (nSPS) is 11.4. The molecule has 0 heterocycles. The minimum Gasteiger partial charge on any atom is -0.496 e. The number of nitrogens with one attached hydrogen (secondary N) is 1. The van der Waals surface area contributed by atoms with Gasteiger partial charge in [-0.05, 0) is 31.2 Å². The van der Waals surface area contributed by atoms with Gasteiger partial charge in [-0.25, -0.2) is 0 Å². The zero-order chi connectivity index (χ0) is 15.7. The van der Waals surface area contributed by atoms with E-state index in [1.807, 2.05) is 0 Å². The lowest BCUT2D eigenvalue weighted by Crippen LogP contribution is -2.23. The molecule has 0 aliphatic rings. The van der Waals surface area contributed by atoms with Crippen molar-refractivity contribution < 1.29 is 9.47 Å². The third kappa shape index (κ3) is 6.93. The number of methoxy groups -OCH3 is 2. The molecule has 0 unspecified atom stereocenters. The summed E-state index contributed by atoms with van der Waals surface area (Å²) in [7, 11) is 5.61. The van der Waals surface area contributed by atoms with Crippen LogP contribution in [-0.4, -0.2) is 45.4 Å². The van der Waals surface area contributed by atoms with Crippen LogP contribution in [0.1, 0.15) is 31.4 Å². The molecule has 0 fully saturated rings. The van der Waals surface area contributed by atoms with Gasteiger partial charge in [0.1, 0.15) is 5.75 Å². The molecule has 0 aliphatic carbocycles. The summed E-state index contributed by atoms with van der Waals surface area (Å²) in [4.78, 5) is 2.30. The van der Waals surface area contributed by atoms with E-state index in [0.717, 1.165) is 38.4 Å². The topological polar surface area (TPSA) is 33.7 Å². The number of benzene rings is 1. The number of hydrogen-bond donors (Lipinski definition) is 1. The third-order valence-corrected chi connectivity index (χ3v) is 3.39. The summed E-state index contributed by atoms with van der Waals surface area (Å²) in [5, 5.41) is 3.45. The molecule has 1 N–H and O–H groups in total. The molecule has 0 atom stereocenters. The monoisotopic (exact) mass is 294 g/mol. The number of nitrogens with zero attached hydrogens (tertiary/aromatic N) is 1. The van der Waals surface area contributed by atoms with Crippen LogP contribution in [-0.2, 0) is 17.8 Å². The summed E-state index contributed by atoms with van der Waals surface area (Å²) < 4.78 is 10.6. The molecule has 0 spiro atoms. The fourth-order valence-electron chi connectivity index (χ4n) is 2.24. The Morgan fingerprint density at radius 2 is 2.00 bits per heavy atom. The van der Waals surface area contributed by atoms with E-state index >= 15 is 0 Å². The average molecular weight is 294 g/mol. The molecular weight excluding hydrogens is 264 g/mol. The van der Waals surface area contributed by atoms with Crippen molar-refractivity contribution in [2.75, 3.05) is 34.4 Å². The van der Waals surface area contributed by atoms with Gasteiger partial charge in [0.2, 0.25) is 0 Å². The molecule has 120 valence electrons. The average Bonchev–Trinajstić information content (AvgIpc) is 2.45. The quantitative estimate of drug-likeness (QED) is 0.673. The highest BCUT2D eigenvalue weighted by Gasteiger charge is 2.08. The van der Waals surface area contributed by atoms with Crippen LogP contribution < -0.4 is 10.1 Å². The minimum atomic E-state index is 0.493. The van der Waals surface area contributed by atoms with Crippen LogP contribution in [0.15, 0.2) is 18.2 Å². The Balaban J connectivity index is 2.66. The highest BCUT2D eigenvalue weighted by atomic mass is 16.5. The highest BCUT2D eigenvalue weighted by Crippen LogP contribution is 2.21. The molecule has 4 heteroatoms. The van der Waals surface area contributed by atoms with Gasteiger partial charge in [0.15, 0.2) is 0 Å². The summed E-state index contributed by atoms with van der Waals surface area (Å²) in [5.41, 5.74) is 2.53. The third-order valence-electron chi connectivity index (χ3n) is 3.39. The first kappa shape index (κ1) is 18.0. The zero-order valence-electron chi connectivity index (χ0n) is 14.1. The SMILES string of the molecule is COCCCN(C)Cc1cc(CNC(C)C)ccc1OC. The van der Waals surface area contributed by atoms with E-state index in [9.17, 15) is 0 Å². The predicted molar refractivity (Wildman–Crippen MR) is 87.8 cm³/mol. The van der Waals surface area contributed by atoms with Crippen LogP contribution >= 0.6 is 0 Å². The maximum atomic E-state index is 5.48. The van der Waals surface area contributed by atoms with Crippen LogP contribution in [0, 0.1) is 0 Å². The van der Waals surface area contributed by atoms with E-state index in [-0.39, 0.29) is 0 Å². The molecule has 0 saturated carbocycles. The van der Waals surface area contributed by atoms with Crippen molar-refractivity contribution in [1.29, 1.82) is 0 Å². The predicted octanol–water partition coefficient (Wildman–Crippen LogP) is 2.66.